The lowest BCUT2D eigenvalue weighted by molar-refractivity contribution is -0.163. The molecule has 4 bridgehead atoms. The van der Waals surface area contributed by atoms with Crippen LogP contribution in [0.1, 0.15) is 95.1 Å². The summed E-state index contributed by atoms with van der Waals surface area (Å²) in [4.78, 5) is 24.4. The molecule has 15 heteroatoms. The number of aliphatic hydroxyl groups excluding tert-OH is 2. The summed E-state index contributed by atoms with van der Waals surface area (Å²) in [6.45, 7) is 11.1. The Morgan fingerprint density at radius 3 is 2.61 bits per heavy atom. The number of hydrogen-bond donors (Lipinski definition) is 9. The van der Waals surface area contributed by atoms with Crippen LogP contribution < -0.4 is 31.7 Å². The summed E-state index contributed by atoms with van der Waals surface area (Å²) >= 11 is 1.59. The van der Waals surface area contributed by atoms with Crippen LogP contribution in [0.2, 0.25) is 0 Å². The molecular weight excluding hydrogens is 767 g/mol. The Hall–Kier alpha value is -4.54. The Bertz CT molecular complexity index is 2170. The maximum absolute atomic E-state index is 12.9. The van der Waals surface area contributed by atoms with E-state index in [1.807, 2.05) is 36.1 Å². The van der Waals surface area contributed by atoms with E-state index in [1.165, 1.54) is 12.6 Å². The molecule has 59 heavy (non-hydrogen) atoms. The first-order valence-corrected chi connectivity index (χ1v) is 21.8. The molecular formula is C44H59N9O5S. The zero-order valence-electron chi connectivity index (χ0n) is 34.6. The quantitative estimate of drug-likeness (QED) is 0.0607. The molecule has 5 unspecified atom stereocenters. The van der Waals surface area contributed by atoms with Crippen molar-refractivity contribution >= 4 is 50.3 Å². The van der Waals surface area contributed by atoms with Crippen molar-refractivity contribution in [2.45, 2.75) is 90.7 Å². The van der Waals surface area contributed by atoms with Crippen LogP contribution in [-0.4, -0.2) is 88.6 Å². The topological polar surface area (TPSA) is 200 Å². The molecule has 0 amide bonds. The second-order valence-corrected chi connectivity index (χ2v) is 19.2. The highest BCUT2D eigenvalue weighted by atomic mass is 32.1. The Labute approximate surface area is 350 Å². The number of benzene rings is 1. The molecule has 0 radical (unpaired) electrons. The van der Waals surface area contributed by atoms with Gasteiger partial charge in [0, 0.05) is 48.3 Å². The van der Waals surface area contributed by atoms with Crippen molar-refractivity contribution in [2.75, 3.05) is 49.7 Å². The number of carboxylic acid groups (broad SMARTS) is 1. The molecule has 2 aliphatic heterocycles. The lowest BCUT2D eigenvalue weighted by atomic mass is 9.53. The Balaban J connectivity index is 0.987. The van der Waals surface area contributed by atoms with Gasteiger partial charge in [0.2, 0.25) is 0 Å². The van der Waals surface area contributed by atoms with Crippen molar-refractivity contribution in [3.05, 3.63) is 76.1 Å². The van der Waals surface area contributed by atoms with Crippen LogP contribution in [0.25, 0.3) is 15.8 Å². The van der Waals surface area contributed by atoms with E-state index in [4.69, 9.17) is 20.1 Å². The third-order valence-electron chi connectivity index (χ3n) is 13.4. The van der Waals surface area contributed by atoms with E-state index in [0.29, 0.717) is 48.5 Å². The molecule has 14 nitrogen and oxygen atoms in total. The predicted molar refractivity (Wildman–Crippen MR) is 232 cm³/mol. The van der Waals surface area contributed by atoms with Gasteiger partial charge >= 0.3 is 5.97 Å². The van der Waals surface area contributed by atoms with Gasteiger partial charge in [0.05, 0.1) is 41.7 Å². The molecule has 3 aromatic rings. The fraction of sp³-hybridized carbons (Fsp3) is 0.545. The van der Waals surface area contributed by atoms with E-state index in [9.17, 15) is 20.1 Å². The van der Waals surface area contributed by atoms with Crippen molar-refractivity contribution in [3.63, 3.8) is 0 Å². The molecule has 9 rings (SSSR count). The molecule has 6 aliphatic rings. The number of allylic oxidation sites excluding steroid dienone is 4. The molecule has 316 valence electrons. The maximum Gasteiger partial charge on any atom is 0.355 e. The first kappa shape index (κ1) is 41.2. The second kappa shape index (κ2) is 16.5. The molecule has 4 heterocycles. The normalized spacial score (nSPS) is 27.9. The first-order chi connectivity index (χ1) is 28.3. The smallest absolute Gasteiger partial charge is 0.355 e. The van der Waals surface area contributed by atoms with E-state index >= 15 is 0 Å². The standard InChI is InChI=1S/C44H59N9O5S/c1-26-31-8-7-14-53(39(31)52-51-38(26)50-41-48-34-9-5-6-10-35(34)59-41)36-12-11-32(37(49-36)40(56)57)33(19-45)27(2)47-20-29-17-43(4)23-42(3)16-28(29)18-44(24-42,25-43)58-15-13-46-30(21-54)22-55/h5-6,9-12,19,28-30,45-47,51-52,54-55H,7-8,13-18,20-25H2,1-4H3,(H,48,50)(H,56,57)/b33-27+,45-19?. The molecule has 2 aromatic heterocycles. The number of nitrogens with zero attached hydrogens (tertiary/aromatic N) is 3. The Morgan fingerprint density at radius 1 is 1.08 bits per heavy atom. The minimum absolute atomic E-state index is 0.0900. The molecule has 4 fully saturated rings. The summed E-state index contributed by atoms with van der Waals surface area (Å²) in [5, 5.41) is 49.0. The van der Waals surface area contributed by atoms with Gasteiger partial charge in [0.25, 0.3) is 0 Å². The lowest BCUT2D eigenvalue weighted by Crippen LogP contribution is -2.53. The molecule has 9 N–H and O–H groups in total. The van der Waals surface area contributed by atoms with Crippen LogP contribution in [0, 0.1) is 28.1 Å². The molecule has 0 saturated heterocycles. The van der Waals surface area contributed by atoms with Crippen LogP contribution in [0.15, 0.2) is 64.9 Å². The van der Waals surface area contributed by atoms with Crippen LogP contribution in [0.5, 0.6) is 0 Å². The fourth-order valence-electron chi connectivity index (χ4n) is 11.5. The van der Waals surface area contributed by atoms with E-state index in [1.54, 1.807) is 17.4 Å². The Morgan fingerprint density at radius 2 is 1.86 bits per heavy atom. The zero-order valence-corrected chi connectivity index (χ0v) is 35.4. The molecule has 0 spiro atoms. The number of carbonyl (C=O) groups is 1. The van der Waals surface area contributed by atoms with E-state index in [0.717, 1.165) is 95.3 Å². The summed E-state index contributed by atoms with van der Waals surface area (Å²) in [6.07, 6.45) is 9.44. The highest BCUT2D eigenvalue weighted by Gasteiger charge is 2.60. The fourth-order valence-corrected chi connectivity index (χ4v) is 12.3. The summed E-state index contributed by atoms with van der Waals surface area (Å²) < 4.78 is 7.88. The number of nitrogens with one attached hydrogen (secondary N) is 6. The lowest BCUT2D eigenvalue weighted by Gasteiger charge is -2.56. The number of para-hydroxylation sites is 1. The summed E-state index contributed by atoms with van der Waals surface area (Å²) in [5.41, 5.74) is 11.5. The van der Waals surface area contributed by atoms with Gasteiger partial charge in [-0.15, -0.1) is 0 Å². The maximum atomic E-state index is 12.9. The van der Waals surface area contributed by atoms with Crippen molar-refractivity contribution < 1.29 is 24.9 Å². The van der Waals surface area contributed by atoms with Crippen LogP contribution >= 0.6 is 11.3 Å². The number of ether oxygens (including phenoxy) is 1. The van der Waals surface area contributed by atoms with E-state index < -0.39 is 5.97 Å². The van der Waals surface area contributed by atoms with Crippen molar-refractivity contribution in [3.8, 4) is 0 Å². The molecule has 4 aliphatic carbocycles. The number of pyridine rings is 1. The summed E-state index contributed by atoms with van der Waals surface area (Å²) in [6, 6.07) is 11.4. The monoisotopic (exact) mass is 825 g/mol. The van der Waals surface area contributed by atoms with Crippen molar-refractivity contribution in [2.24, 2.45) is 22.7 Å². The number of anilines is 2. The minimum atomic E-state index is -1.14. The summed E-state index contributed by atoms with van der Waals surface area (Å²) in [7, 11) is 0. The van der Waals surface area contributed by atoms with Gasteiger partial charge in [-0.25, -0.2) is 14.8 Å². The van der Waals surface area contributed by atoms with Crippen molar-refractivity contribution in [1.82, 2.24) is 31.5 Å². The van der Waals surface area contributed by atoms with E-state index in [2.05, 4.69) is 53.6 Å². The number of carboxylic acids is 1. The summed E-state index contributed by atoms with van der Waals surface area (Å²) in [5.74, 6) is 1.91. The number of hydrazine groups is 1. The number of hydrogen-bond acceptors (Lipinski definition) is 14. The number of fused-ring (bicyclic) bond motifs is 2. The average molecular weight is 826 g/mol. The molecule has 5 atom stereocenters. The number of rotatable bonds is 16. The predicted octanol–water partition coefficient (Wildman–Crippen LogP) is 5.95. The van der Waals surface area contributed by atoms with Crippen LogP contribution in [0.3, 0.4) is 0 Å². The van der Waals surface area contributed by atoms with Gasteiger partial charge in [-0.3, -0.25) is 10.9 Å². The van der Waals surface area contributed by atoms with Gasteiger partial charge in [0.1, 0.15) is 17.5 Å². The third kappa shape index (κ3) is 8.32. The number of aromatic carboxylic acids is 1. The van der Waals surface area contributed by atoms with Gasteiger partial charge in [-0.05, 0) is 118 Å². The third-order valence-corrected chi connectivity index (χ3v) is 14.3. The minimum Gasteiger partial charge on any atom is -0.476 e. The van der Waals surface area contributed by atoms with Crippen LogP contribution in [-0.2, 0) is 4.74 Å². The van der Waals surface area contributed by atoms with Crippen molar-refractivity contribution in [1.29, 1.82) is 5.41 Å². The second-order valence-electron chi connectivity index (χ2n) is 18.2. The number of aliphatic hydroxyl groups is 2. The Kier molecular flexibility index (Phi) is 11.5. The number of aromatic nitrogens is 2. The zero-order chi connectivity index (χ0) is 41.5. The molecule has 4 saturated carbocycles. The first-order valence-electron chi connectivity index (χ1n) is 21.0. The van der Waals surface area contributed by atoms with Gasteiger partial charge in [0.15, 0.2) is 10.8 Å². The van der Waals surface area contributed by atoms with Gasteiger partial charge < -0.3 is 46.3 Å². The van der Waals surface area contributed by atoms with Crippen LogP contribution in [0.4, 0.5) is 10.9 Å². The largest absolute Gasteiger partial charge is 0.476 e. The highest BCUT2D eigenvalue weighted by molar-refractivity contribution is 7.22. The van der Waals surface area contributed by atoms with E-state index in [-0.39, 0.29) is 41.4 Å². The van der Waals surface area contributed by atoms with Gasteiger partial charge in [-0.1, -0.05) is 37.3 Å². The average Bonchev–Trinajstić information content (AvgIpc) is 3.56. The molecule has 1 aromatic carbocycles. The highest BCUT2D eigenvalue weighted by Crippen LogP contribution is 2.66. The number of thiazole rings is 1. The SMILES string of the molecule is CC1=C(Nc2nc3ccccc3s2)NNC2=C1CCCN2c1ccc(/C(C=N)=C(\C)NCC2CC3(C)CC4(C)CC2CC(OCCNC(CO)CO)(C3)C4)c(C(=O)O)n1. The van der Waals surface area contributed by atoms with Gasteiger partial charge in [-0.2, -0.15) is 0 Å².